The zero-order valence-corrected chi connectivity index (χ0v) is 18.6. The highest BCUT2D eigenvalue weighted by Crippen LogP contribution is 2.32. The molecule has 0 bridgehead atoms. The lowest BCUT2D eigenvalue weighted by Crippen LogP contribution is -2.23. The van der Waals surface area contributed by atoms with Crippen LogP contribution in [0.1, 0.15) is 0 Å². The quantitative estimate of drug-likeness (QED) is 0.406. The number of fused-ring (bicyclic) bond motifs is 1. The van der Waals surface area contributed by atoms with E-state index in [2.05, 4.69) is 5.32 Å². The Labute approximate surface area is 194 Å². The van der Waals surface area contributed by atoms with Crippen LogP contribution in [-0.4, -0.2) is 26.7 Å². The second kappa shape index (κ2) is 9.67. The van der Waals surface area contributed by atoms with Gasteiger partial charge in [-0.2, -0.15) is 0 Å². The van der Waals surface area contributed by atoms with Crippen molar-refractivity contribution in [2.75, 3.05) is 26.1 Å². The first-order valence-corrected chi connectivity index (χ1v) is 10.3. The zero-order chi connectivity index (χ0) is 23.4. The monoisotopic (exact) mass is 465 g/mol. The number of hydrogen-bond acceptors (Lipinski definition) is 6. The molecule has 0 fully saturated rings. The Bertz CT molecular complexity index is 1370. The molecule has 0 saturated heterocycles. The van der Waals surface area contributed by atoms with Crippen molar-refractivity contribution in [1.29, 1.82) is 0 Å². The summed E-state index contributed by atoms with van der Waals surface area (Å²) < 4.78 is 22.1. The second-order valence-corrected chi connectivity index (χ2v) is 7.44. The van der Waals surface area contributed by atoms with E-state index in [0.29, 0.717) is 33.4 Å². The average Bonchev–Trinajstić information content (AvgIpc) is 2.84. The van der Waals surface area contributed by atoms with Gasteiger partial charge in [0.25, 0.3) is 5.91 Å². The average molecular weight is 466 g/mol. The van der Waals surface area contributed by atoms with Gasteiger partial charge in [-0.15, -0.1) is 0 Å². The van der Waals surface area contributed by atoms with Gasteiger partial charge in [0.15, 0.2) is 12.4 Å². The number of halogens is 1. The fourth-order valence-electron chi connectivity index (χ4n) is 3.29. The molecule has 1 amide bonds. The summed E-state index contributed by atoms with van der Waals surface area (Å²) in [4.78, 5) is 25.8. The molecule has 33 heavy (non-hydrogen) atoms. The number of anilines is 1. The summed E-state index contributed by atoms with van der Waals surface area (Å²) in [5.74, 6) is 0.676. The van der Waals surface area contributed by atoms with Gasteiger partial charge < -0.3 is 23.9 Å². The molecule has 0 radical (unpaired) electrons. The van der Waals surface area contributed by atoms with Crippen LogP contribution in [0.3, 0.4) is 0 Å². The molecule has 168 valence electrons. The summed E-state index contributed by atoms with van der Waals surface area (Å²) in [6.45, 7) is -0.425. The largest absolute Gasteiger partial charge is 0.497 e. The molecule has 0 spiro atoms. The fraction of sp³-hybridized carbons (Fsp3) is 0.120. The summed E-state index contributed by atoms with van der Waals surface area (Å²) in [5, 5.41) is 3.36. The van der Waals surface area contributed by atoms with Crippen molar-refractivity contribution in [2.45, 2.75) is 0 Å². The summed E-state index contributed by atoms with van der Waals surface area (Å²) in [7, 11) is 3.02. The molecule has 0 unspecified atom stereocenters. The standard InChI is InChI=1S/C25H20ClNO6/c1-30-17-9-10-19(21(13-17)31-2)27-22(28)14-32-25-23(29)18-12-16(26)8-11-20(18)33-24(25)15-6-4-3-5-7-15/h3-13H,14H2,1-2H3,(H,27,28). The van der Waals surface area contributed by atoms with Crippen molar-refractivity contribution in [3.8, 4) is 28.6 Å². The second-order valence-electron chi connectivity index (χ2n) is 7.00. The maximum Gasteiger partial charge on any atom is 0.262 e. The van der Waals surface area contributed by atoms with Crippen molar-refractivity contribution in [3.63, 3.8) is 0 Å². The van der Waals surface area contributed by atoms with Crippen molar-refractivity contribution < 1.29 is 23.4 Å². The minimum Gasteiger partial charge on any atom is -0.497 e. The Morgan fingerprint density at radius 3 is 2.52 bits per heavy atom. The topological polar surface area (TPSA) is 87.0 Å². The summed E-state index contributed by atoms with van der Waals surface area (Å²) >= 11 is 6.06. The molecule has 0 atom stereocenters. The van der Waals surface area contributed by atoms with E-state index in [1.54, 1.807) is 42.5 Å². The molecule has 0 aliphatic heterocycles. The van der Waals surface area contributed by atoms with Crippen LogP contribution in [0.2, 0.25) is 5.02 Å². The lowest BCUT2D eigenvalue weighted by Gasteiger charge is -2.13. The molecule has 4 aromatic rings. The van der Waals surface area contributed by atoms with Gasteiger partial charge >= 0.3 is 0 Å². The smallest absolute Gasteiger partial charge is 0.262 e. The lowest BCUT2D eigenvalue weighted by molar-refractivity contribution is -0.118. The molecular formula is C25H20ClNO6. The summed E-state index contributed by atoms with van der Waals surface area (Å²) in [6.07, 6.45) is 0. The molecule has 8 heteroatoms. The molecule has 3 aromatic carbocycles. The Kier molecular flexibility index (Phi) is 6.51. The number of ether oxygens (including phenoxy) is 3. The van der Waals surface area contributed by atoms with Gasteiger partial charge in [0, 0.05) is 16.7 Å². The third-order valence-corrected chi connectivity index (χ3v) is 5.11. The van der Waals surface area contributed by atoms with E-state index in [0.717, 1.165) is 0 Å². The molecular weight excluding hydrogens is 446 g/mol. The number of nitrogens with one attached hydrogen (secondary N) is 1. The van der Waals surface area contributed by atoms with Crippen molar-refractivity contribution in [2.24, 2.45) is 0 Å². The first kappa shape index (κ1) is 22.2. The van der Waals surface area contributed by atoms with E-state index < -0.39 is 17.9 Å². The first-order valence-electron chi connectivity index (χ1n) is 9.96. The number of methoxy groups -OCH3 is 2. The maximum absolute atomic E-state index is 13.2. The predicted octanol–water partition coefficient (Wildman–Crippen LogP) is 5.15. The molecule has 0 saturated carbocycles. The highest BCUT2D eigenvalue weighted by atomic mass is 35.5. The van der Waals surface area contributed by atoms with Gasteiger partial charge in [-0.05, 0) is 30.3 Å². The number of hydrogen-bond donors (Lipinski definition) is 1. The van der Waals surface area contributed by atoms with Crippen LogP contribution < -0.4 is 25.0 Å². The zero-order valence-electron chi connectivity index (χ0n) is 17.9. The van der Waals surface area contributed by atoms with E-state index >= 15 is 0 Å². The van der Waals surface area contributed by atoms with E-state index in [-0.39, 0.29) is 16.9 Å². The van der Waals surface area contributed by atoms with Crippen LogP contribution in [0.4, 0.5) is 5.69 Å². The molecule has 7 nitrogen and oxygen atoms in total. The molecule has 4 rings (SSSR count). The molecule has 1 N–H and O–H groups in total. The Balaban J connectivity index is 1.65. The molecule has 1 aromatic heterocycles. The number of carbonyl (C=O) groups excluding carboxylic acids is 1. The van der Waals surface area contributed by atoms with E-state index in [4.69, 9.17) is 30.2 Å². The minimum absolute atomic E-state index is 0.0761. The van der Waals surface area contributed by atoms with Crippen LogP contribution in [0.15, 0.2) is 75.9 Å². The van der Waals surface area contributed by atoms with Gasteiger partial charge in [0.2, 0.25) is 11.2 Å². The molecule has 0 aliphatic rings. The Hall–Kier alpha value is -3.97. The third kappa shape index (κ3) is 4.78. The van der Waals surface area contributed by atoms with Gasteiger partial charge in [0.1, 0.15) is 17.1 Å². The first-order chi connectivity index (χ1) is 16.0. The normalized spacial score (nSPS) is 10.6. The SMILES string of the molecule is COc1ccc(NC(=O)COc2c(-c3ccccc3)oc3ccc(Cl)cc3c2=O)c(OC)c1. The fourth-order valence-corrected chi connectivity index (χ4v) is 3.46. The molecule has 1 heterocycles. The van der Waals surface area contributed by atoms with Crippen molar-refractivity contribution in [3.05, 3.63) is 82.0 Å². The number of amides is 1. The number of rotatable bonds is 7. The van der Waals surface area contributed by atoms with Crippen molar-refractivity contribution in [1.82, 2.24) is 0 Å². The van der Waals surface area contributed by atoms with Crippen LogP contribution in [0, 0.1) is 0 Å². The predicted molar refractivity (Wildman–Crippen MR) is 127 cm³/mol. The van der Waals surface area contributed by atoms with Crippen molar-refractivity contribution >= 4 is 34.2 Å². The van der Waals surface area contributed by atoms with Crippen LogP contribution in [0.5, 0.6) is 17.2 Å². The summed E-state index contributed by atoms with van der Waals surface area (Å²) in [6, 6.07) is 18.8. The Morgan fingerprint density at radius 2 is 1.79 bits per heavy atom. The Morgan fingerprint density at radius 1 is 1.00 bits per heavy atom. The van der Waals surface area contributed by atoms with Gasteiger partial charge in [-0.25, -0.2) is 0 Å². The van der Waals surface area contributed by atoms with Gasteiger partial charge in [-0.1, -0.05) is 41.9 Å². The molecule has 0 aliphatic carbocycles. The highest BCUT2D eigenvalue weighted by molar-refractivity contribution is 6.31. The van der Waals surface area contributed by atoms with Gasteiger partial charge in [-0.3, -0.25) is 9.59 Å². The van der Waals surface area contributed by atoms with E-state index in [1.165, 1.54) is 20.3 Å². The van der Waals surface area contributed by atoms with Crippen LogP contribution in [0.25, 0.3) is 22.3 Å². The number of benzene rings is 3. The van der Waals surface area contributed by atoms with Crippen LogP contribution in [-0.2, 0) is 4.79 Å². The summed E-state index contributed by atoms with van der Waals surface area (Å²) in [5.41, 5.74) is 1.02. The third-order valence-electron chi connectivity index (χ3n) is 4.88. The number of carbonyl (C=O) groups is 1. The van der Waals surface area contributed by atoms with E-state index in [1.807, 2.05) is 18.2 Å². The highest BCUT2D eigenvalue weighted by Gasteiger charge is 2.19. The minimum atomic E-state index is -0.483. The van der Waals surface area contributed by atoms with E-state index in [9.17, 15) is 9.59 Å². The lowest BCUT2D eigenvalue weighted by atomic mass is 10.1. The van der Waals surface area contributed by atoms with Gasteiger partial charge in [0.05, 0.1) is 25.3 Å². The maximum atomic E-state index is 13.2. The van der Waals surface area contributed by atoms with Crippen LogP contribution >= 0.6 is 11.6 Å².